The van der Waals surface area contributed by atoms with Gasteiger partial charge in [-0.15, -0.1) is 0 Å². The van der Waals surface area contributed by atoms with Gasteiger partial charge in [0.15, 0.2) is 0 Å². The Morgan fingerprint density at radius 3 is 2.29 bits per heavy atom. The van der Waals surface area contributed by atoms with E-state index in [4.69, 9.17) is 4.74 Å². The predicted octanol–water partition coefficient (Wildman–Crippen LogP) is 5.33. The van der Waals surface area contributed by atoms with Gasteiger partial charge in [-0.1, -0.05) is 36.4 Å². The molecule has 3 aromatic carbocycles. The molecule has 3 aromatic rings. The summed E-state index contributed by atoms with van der Waals surface area (Å²) >= 11 is 0. The van der Waals surface area contributed by atoms with E-state index in [1.807, 2.05) is 36.4 Å². The van der Waals surface area contributed by atoms with E-state index in [1.54, 1.807) is 12.1 Å². The molecule has 122 valence electrons. The van der Waals surface area contributed by atoms with Crippen LogP contribution in [0.25, 0.3) is 0 Å². The minimum atomic E-state index is -0.226. The maximum absolute atomic E-state index is 12.9. The van der Waals surface area contributed by atoms with Gasteiger partial charge in [-0.2, -0.15) is 0 Å². The molecule has 0 aliphatic heterocycles. The average Bonchev–Trinajstić information content (AvgIpc) is 2.61. The van der Waals surface area contributed by atoms with Gasteiger partial charge < -0.3 is 10.1 Å². The molecule has 0 saturated carbocycles. The number of ether oxygens (including phenoxy) is 1. The van der Waals surface area contributed by atoms with Crippen LogP contribution in [0.4, 0.5) is 10.1 Å². The average molecular weight is 321 g/mol. The van der Waals surface area contributed by atoms with Crippen LogP contribution in [0.15, 0.2) is 72.8 Å². The maximum Gasteiger partial charge on any atom is 0.123 e. The summed E-state index contributed by atoms with van der Waals surface area (Å²) in [6, 6.07) is 22.6. The zero-order valence-electron chi connectivity index (χ0n) is 13.6. The zero-order chi connectivity index (χ0) is 16.8. The topological polar surface area (TPSA) is 21.3 Å². The van der Waals surface area contributed by atoms with E-state index in [0.717, 1.165) is 17.0 Å². The lowest BCUT2D eigenvalue weighted by Crippen LogP contribution is -2.00. The number of hydrogen-bond donors (Lipinski definition) is 1. The van der Waals surface area contributed by atoms with E-state index in [0.29, 0.717) is 13.2 Å². The SMILES string of the molecule is Cc1ccccc1COc1ccc(CNc2ccc(F)cc2)cc1. The molecule has 0 fully saturated rings. The van der Waals surface area contributed by atoms with E-state index in [2.05, 4.69) is 24.4 Å². The molecule has 0 radical (unpaired) electrons. The first kappa shape index (κ1) is 16.1. The van der Waals surface area contributed by atoms with Crippen LogP contribution in [-0.4, -0.2) is 0 Å². The maximum atomic E-state index is 12.9. The number of benzene rings is 3. The molecule has 24 heavy (non-hydrogen) atoms. The minimum Gasteiger partial charge on any atom is -0.489 e. The van der Waals surface area contributed by atoms with Crippen molar-refractivity contribution in [2.45, 2.75) is 20.1 Å². The summed E-state index contributed by atoms with van der Waals surface area (Å²) < 4.78 is 18.7. The van der Waals surface area contributed by atoms with Gasteiger partial charge in [0.2, 0.25) is 0 Å². The molecule has 0 amide bonds. The third-order valence-corrected chi connectivity index (χ3v) is 3.92. The fourth-order valence-corrected chi connectivity index (χ4v) is 2.41. The Hall–Kier alpha value is -2.81. The van der Waals surface area contributed by atoms with E-state index in [1.165, 1.54) is 23.3 Å². The van der Waals surface area contributed by atoms with Crippen molar-refractivity contribution in [1.82, 2.24) is 0 Å². The molecular weight excluding hydrogens is 301 g/mol. The Kier molecular flexibility index (Phi) is 5.12. The quantitative estimate of drug-likeness (QED) is 0.663. The number of hydrogen-bond acceptors (Lipinski definition) is 2. The first-order valence-corrected chi connectivity index (χ1v) is 7.96. The van der Waals surface area contributed by atoms with Crippen LogP contribution in [0, 0.1) is 12.7 Å². The van der Waals surface area contributed by atoms with Crippen molar-refractivity contribution in [3.05, 3.63) is 95.3 Å². The fraction of sp³-hybridized carbons (Fsp3) is 0.143. The number of aryl methyl sites for hydroxylation is 1. The van der Waals surface area contributed by atoms with E-state index >= 15 is 0 Å². The van der Waals surface area contributed by atoms with Crippen molar-refractivity contribution in [3.8, 4) is 5.75 Å². The minimum absolute atomic E-state index is 0.226. The monoisotopic (exact) mass is 321 g/mol. The summed E-state index contributed by atoms with van der Waals surface area (Å²) in [4.78, 5) is 0. The van der Waals surface area contributed by atoms with Gasteiger partial charge in [0.25, 0.3) is 0 Å². The third kappa shape index (κ3) is 4.35. The van der Waals surface area contributed by atoms with Crippen molar-refractivity contribution in [2.24, 2.45) is 0 Å². The van der Waals surface area contributed by atoms with Gasteiger partial charge in [-0.05, 0) is 60.0 Å². The second kappa shape index (κ2) is 7.64. The molecule has 0 saturated heterocycles. The fourth-order valence-electron chi connectivity index (χ4n) is 2.41. The number of rotatable bonds is 6. The lowest BCUT2D eigenvalue weighted by atomic mass is 10.1. The Balaban J connectivity index is 1.53. The van der Waals surface area contributed by atoms with Gasteiger partial charge in [-0.25, -0.2) is 4.39 Å². The van der Waals surface area contributed by atoms with E-state index in [9.17, 15) is 4.39 Å². The molecule has 0 aliphatic rings. The smallest absolute Gasteiger partial charge is 0.123 e. The van der Waals surface area contributed by atoms with Crippen molar-refractivity contribution in [3.63, 3.8) is 0 Å². The van der Waals surface area contributed by atoms with Crippen molar-refractivity contribution in [2.75, 3.05) is 5.32 Å². The second-order valence-electron chi connectivity index (χ2n) is 5.72. The number of halogens is 1. The van der Waals surface area contributed by atoms with Gasteiger partial charge >= 0.3 is 0 Å². The van der Waals surface area contributed by atoms with Gasteiger partial charge in [0.05, 0.1) is 0 Å². The predicted molar refractivity (Wildman–Crippen MR) is 95.7 cm³/mol. The number of anilines is 1. The van der Waals surface area contributed by atoms with Crippen LogP contribution in [-0.2, 0) is 13.2 Å². The van der Waals surface area contributed by atoms with Crippen LogP contribution in [0.2, 0.25) is 0 Å². The molecule has 3 heteroatoms. The Morgan fingerprint density at radius 2 is 1.58 bits per heavy atom. The third-order valence-electron chi connectivity index (χ3n) is 3.92. The van der Waals surface area contributed by atoms with E-state index in [-0.39, 0.29) is 5.82 Å². The summed E-state index contributed by atoms with van der Waals surface area (Å²) in [6.45, 7) is 3.34. The Labute approximate surface area is 141 Å². The molecule has 0 aliphatic carbocycles. The zero-order valence-corrected chi connectivity index (χ0v) is 13.6. The molecule has 0 aromatic heterocycles. The normalized spacial score (nSPS) is 10.4. The lowest BCUT2D eigenvalue weighted by molar-refractivity contribution is 0.305. The first-order valence-electron chi connectivity index (χ1n) is 7.96. The van der Waals surface area contributed by atoms with Crippen LogP contribution < -0.4 is 10.1 Å². The van der Waals surface area contributed by atoms with E-state index < -0.39 is 0 Å². The van der Waals surface area contributed by atoms with Crippen LogP contribution in [0.5, 0.6) is 5.75 Å². The Bertz CT molecular complexity index is 782. The van der Waals surface area contributed by atoms with Crippen molar-refractivity contribution in [1.29, 1.82) is 0 Å². The molecule has 3 rings (SSSR count). The summed E-state index contributed by atoms with van der Waals surface area (Å²) in [5, 5.41) is 3.27. The second-order valence-corrected chi connectivity index (χ2v) is 5.72. The van der Waals surface area contributed by atoms with Crippen molar-refractivity contribution < 1.29 is 9.13 Å². The largest absolute Gasteiger partial charge is 0.489 e. The number of nitrogens with one attached hydrogen (secondary N) is 1. The highest BCUT2D eigenvalue weighted by atomic mass is 19.1. The van der Waals surface area contributed by atoms with Crippen LogP contribution in [0.3, 0.4) is 0 Å². The Morgan fingerprint density at radius 1 is 0.875 bits per heavy atom. The van der Waals surface area contributed by atoms with Crippen LogP contribution >= 0.6 is 0 Å². The lowest BCUT2D eigenvalue weighted by Gasteiger charge is -2.10. The van der Waals surface area contributed by atoms with Gasteiger partial charge in [0.1, 0.15) is 18.2 Å². The molecule has 0 heterocycles. The molecule has 0 atom stereocenters. The van der Waals surface area contributed by atoms with Crippen LogP contribution in [0.1, 0.15) is 16.7 Å². The standard InChI is InChI=1S/C21H20FNO/c1-16-4-2-3-5-18(16)15-24-21-12-6-17(7-13-21)14-23-20-10-8-19(22)9-11-20/h2-13,23H,14-15H2,1H3. The van der Waals surface area contributed by atoms with Gasteiger partial charge in [0, 0.05) is 12.2 Å². The molecule has 0 bridgehead atoms. The highest BCUT2D eigenvalue weighted by Crippen LogP contribution is 2.17. The molecule has 0 unspecified atom stereocenters. The summed E-state index contributed by atoms with van der Waals surface area (Å²) in [5.74, 6) is 0.625. The first-order chi connectivity index (χ1) is 11.7. The summed E-state index contributed by atoms with van der Waals surface area (Å²) in [7, 11) is 0. The summed E-state index contributed by atoms with van der Waals surface area (Å²) in [6.07, 6.45) is 0. The van der Waals surface area contributed by atoms with Crippen molar-refractivity contribution >= 4 is 5.69 Å². The molecular formula is C21H20FNO. The molecule has 2 nitrogen and oxygen atoms in total. The highest BCUT2D eigenvalue weighted by Gasteiger charge is 2.00. The highest BCUT2D eigenvalue weighted by molar-refractivity contribution is 5.43. The summed E-state index contributed by atoms with van der Waals surface area (Å²) in [5.41, 5.74) is 4.47. The molecule has 0 spiro atoms. The van der Waals surface area contributed by atoms with Gasteiger partial charge in [-0.3, -0.25) is 0 Å². The molecule has 1 N–H and O–H groups in total.